The van der Waals surface area contributed by atoms with Gasteiger partial charge in [0.15, 0.2) is 5.52 Å². The topological polar surface area (TPSA) is 64.9 Å². The van der Waals surface area contributed by atoms with Crippen molar-refractivity contribution < 1.29 is 4.52 Å². The fourth-order valence-electron chi connectivity index (χ4n) is 1.19. The first-order valence-corrected chi connectivity index (χ1v) is 4.19. The Morgan fingerprint density at radius 3 is 2.92 bits per heavy atom. The van der Waals surface area contributed by atoms with Crippen molar-refractivity contribution in [2.45, 2.75) is 19.8 Å². The van der Waals surface area contributed by atoms with Gasteiger partial charge in [-0.1, -0.05) is 19.0 Å². The van der Waals surface area contributed by atoms with E-state index in [1.54, 1.807) is 6.20 Å². The monoisotopic (exact) mass is 177 g/mol. The highest BCUT2D eigenvalue weighted by Gasteiger charge is 2.08. The smallest absolute Gasteiger partial charge is 0.248 e. The van der Waals surface area contributed by atoms with Gasteiger partial charge in [0.25, 0.3) is 0 Å². The lowest BCUT2D eigenvalue weighted by Crippen LogP contribution is -1.89. The third-order valence-electron chi connectivity index (χ3n) is 2.03. The molecule has 0 saturated carbocycles. The summed E-state index contributed by atoms with van der Waals surface area (Å²) in [7, 11) is 0. The van der Waals surface area contributed by atoms with Crippen LogP contribution in [0, 0.1) is 0 Å². The number of pyridine rings is 1. The number of rotatable bonds is 1. The normalized spacial score (nSPS) is 11.3. The van der Waals surface area contributed by atoms with Crippen molar-refractivity contribution in [3.63, 3.8) is 0 Å². The van der Waals surface area contributed by atoms with Gasteiger partial charge in [0, 0.05) is 6.20 Å². The van der Waals surface area contributed by atoms with Crippen LogP contribution in [0.2, 0.25) is 0 Å². The Labute approximate surface area is 75.7 Å². The molecule has 68 valence electrons. The van der Waals surface area contributed by atoms with E-state index < -0.39 is 0 Å². The Morgan fingerprint density at radius 2 is 2.23 bits per heavy atom. The van der Waals surface area contributed by atoms with E-state index in [-0.39, 0.29) is 5.88 Å². The number of fused-ring (bicyclic) bond motifs is 1. The number of nitrogens with two attached hydrogens (primary N) is 1. The van der Waals surface area contributed by atoms with Crippen LogP contribution >= 0.6 is 0 Å². The molecule has 4 heteroatoms. The van der Waals surface area contributed by atoms with Gasteiger partial charge in [-0.3, -0.25) is 0 Å². The van der Waals surface area contributed by atoms with Crippen molar-refractivity contribution in [1.82, 2.24) is 10.1 Å². The zero-order chi connectivity index (χ0) is 9.42. The van der Waals surface area contributed by atoms with E-state index in [1.165, 1.54) is 0 Å². The molecule has 0 aliphatic heterocycles. The van der Waals surface area contributed by atoms with Crippen LogP contribution in [-0.2, 0) is 0 Å². The van der Waals surface area contributed by atoms with E-state index >= 15 is 0 Å². The van der Waals surface area contributed by atoms with E-state index in [4.69, 9.17) is 10.3 Å². The molecule has 2 aromatic rings. The average molecular weight is 177 g/mol. The van der Waals surface area contributed by atoms with Gasteiger partial charge < -0.3 is 10.3 Å². The largest absolute Gasteiger partial charge is 0.366 e. The molecule has 0 aliphatic carbocycles. The van der Waals surface area contributed by atoms with Crippen LogP contribution in [-0.4, -0.2) is 10.1 Å². The van der Waals surface area contributed by atoms with Gasteiger partial charge in [-0.15, -0.1) is 0 Å². The van der Waals surface area contributed by atoms with Gasteiger partial charge in [-0.05, 0) is 17.5 Å². The van der Waals surface area contributed by atoms with E-state index in [0.29, 0.717) is 11.4 Å². The molecule has 2 rings (SSSR count). The fourth-order valence-corrected chi connectivity index (χ4v) is 1.19. The third-order valence-corrected chi connectivity index (χ3v) is 2.03. The predicted octanol–water partition coefficient (Wildman–Crippen LogP) is 1.93. The molecule has 0 saturated heterocycles. The van der Waals surface area contributed by atoms with Crippen LogP contribution < -0.4 is 5.73 Å². The van der Waals surface area contributed by atoms with E-state index in [1.807, 2.05) is 6.07 Å². The zero-order valence-corrected chi connectivity index (χ0v) is 7.61. The predicted molar refractivity (Wildman–Crippen MR) is 50.3 cm³/mol. The van der Waals surface area contributed by atoms with E-state index in [0.717, 1.165) is 11.1 Å². The van der Waals surface area contributed by atoms with Crippen molar-refractivity contribution >= 4 is 16.9 Å². The van der Waals surface area contributed by atoms with Gasteiger partial charge >= 0.3 is 0 Å². The van der Waals surface area contributed by atoms with Crippen molar-refractivity contribution in [2.24, 2.45) is 0 Å². The van der Waals surface area contributed by atoms with Crippen LogP contribution in [0.4, 0.5) is 5.88 Å². The van der Waals surface area contributed by atoms with Crippen LogP contribution in [0.3, 0.4) is 0 Å². The molecular formula is C9H11N3O. The summed E-state index contributed by atoms with van der Waals surface area (Å²) in [6, 6.07) is 1.95. The number of hydrogen-bond donors (Lipinski definition) is 1. The second-order valence-corrected chi connectivity index (χ2v) is 3.34. The number of nitrogen functional groups attached to an aromatic ring is 1. The molecule has 0 aliphatic rings. The first-order valence-electron chi connectivity index (χ1n) is 4.19. The standard InChI is InChI=1S/C9H11N3O/c1-5(2)6-3-7-8(11-4-6)9(10)13-12-7/h3-5H,10H2,1-2H3. The van der Waals surface area contributed by atoms with Crippen molar-refractivity contribution in [3.8, 4) is 0 Å². The molecule has 13 heavy (non-hydrogen) atoms. The summed E-state index contributed by atoms with van der Waals surface area (Å²) in [6.45, 7) is 4.21. The molecule has 0 bridgehead atoms. The summed E-state index contributed by atoms with van der Waals surface area (Å²) >= 11 is 0. The van der Waals surface area contributed by atoms with Gasteiger partial charge in [0.2, 0.25) is 5.88 Å². The summed E-state index contributed by atoms with van der Waals surface area (Å²) in [5.74, 6) is 0.722. The molecule has 2 N–H and O–H groups in total. The third kappa shape index (κ3) is 1.24. The minimum atomic E-state index is 0.283. The second-order valence-electron chi connectivity index (χ2n) is 3.34. The maximum atomic E-state index is 5.51. The Balaban J connectivity index is 2.63. The molecule has 0 radical (unpaired) electrons. The minimum absolute atomic E-state index is 0.283. The Bertz CT molecular complexity index is 433. The summed E-state index contributed by atoms with van der Waals surface area (Å²) in [5, 5.41) is 3.80. The lowest BCUT2D eigenvalue weighted by molar-refractivity contribution is 0.445. The quantitative estimate of drug-likeness (QED) is 0.722. The van der Waals surface area contributed by atoms with Crippen LogP contribution in [0.1, 0.15) is 25.3 Å². The lowest BCUT2D eigenvalue weighted by atomic mass is 10.1. The first-order chi connectivity index (χ1) is 6.18. The number of anilines is 1. The molecular weight excluding hydrogens is 166 g/mol. The van der Waals surface area contributed by atoms with Gasteiger partial charge in [0.1, 0.15) is 5.52 Å². The second kappa shape index (κ2) is 2.73. The van der Waals surface area contributed by atoms with Crippen LogP contribution in [0.5, 0.6) is 0 Å². The van der Waals surface area contributed by atoms with Gasteiger partial charge in [0.05, 0.1) is 0 Å². The zero-order valence-electron chi connectivity index (χ0n) is 7.61. The maximum absolute atomic E-state index is 5.51. The summed E-state index contributed by atoms with van der Waals surface area (Å²) in [5.41, 5.74) is 8.02. The Morgan fingerprint density at radius 1 is 1.46 bits per heavy atom. The molecule has 0 atom stereocenters. The molecule has 0 aromatic carbocycles. The molecule has 0 amide bonds. The van der Waals surface area contributed by atoms with Crippen molar-refractivity contribution in [3.05, 3.63) is 17.8 Å². The Hall–Kier alpha value is -1.58. The Kier molecular flexibility index (Phi) is 1.69. The molecule has 4 nitrogen and oxygen atoms in total. The number of nitrogens with zero attached hydrogens (tertiary/aromatic N) is 2. The van der Waals surface area contributed by atoms with Crippen LogP contribution in [0.25, 0.3) is 11.0 Å². The molecule has 0 unspecified atom stereocenters. The highest BCUT2D eigenvalue weighted by molar-refractivity contribution is 5.83. The summed E-state index contributed by atoms with van der Waals surface area (Å²) in [4.78, 5) is 4.18. The molecule has 2 aromatic heterocycles. The van der Waals surface area contributed by atoms with Crippen molar-refractivity contribution in [2.75, 3.05) is 5.73 Å². The molecule has 2 heterocycles. The lowest BCUT2D eigenvalue weighted by Gasteiger charge is -2.02. The van der Waals surface area contributed by atoms with Crippen LogP contribution in [0.15, 0.2) is 16.8 Å². The van der Waals surface area contributed by atoms with E-state index in [9.17, 15) is 0 Å². The SMILES string of the molecule is CC(C)c1cnc2c(N)onc2c1. The average Bonchev–Trinajstić information content (AvgIpc) is 2.47. The highest BCUT2D eigenvalue weighted by atomic mass is 16.5. The van der Waals surface area contributed by atoms with Crippen molar-refractivity contribution in [1.29, 1.82) is 0 Å². The molecule has 0 fully saturated rings. The fraction of sp³-hybridized carbons (Fsp3) is 0.333. The van der Waals surface area contributed by atoms with E-state index in [2.05, 4.69) is 24.0 Å². The number of hydrogen-bond acceptors (Lipinski definition) is 4. The molecule has 0 spiro atoms. The highest BCUT2D eigenvalue weighted by Crippen LogP contribution is 2.21. The van der Waals surface area contributed by atoms with Gasteiger partial charge in [-0.2, -0.15) is 0 Å². The summed E-state index contributed by atoms with van der Waals surface area (Å²) < 4.78 is 4.81. The first kappa shape index (κ1) is 8.04. The maximum Gasteiger partial charge on any atom is 0.248 e. The number of aromatic nitrogens is 2. The summed E-state index contributed by atoms with van der Waals surface area (Å²) in [6.07, 6.45) is 1.81. The minimum Gasteiger partial charge on any atom is -0.366 e. The van der Waals surface area contributed by atoms with Gasteiger partial charge in [-0.25, -0.2) is 4.98 Å².